The number of aliphatic hydroxyl groups is 1. The molecule has 0 aromatic rings. The Hall–Kier alpha value is -0.390. The minimum atomic E-state index is -0.323. The van der Waals surface area contributed by atoms with Crippen LogP contribution in [0.2, 0.25) is 0 Å². The number of ether oxygens (including phenoxy) is 1. The van der Waals surface area contributed by atoms with Gasteiger partial charge in [0.25, 0.3) is 0 Å². The van der Waals surface area contributed by atoms with E-state index in [0.29, 0.717) is 18.7 Å². The Bertz CT molecular complexity index is 390. The van der Waals surface area contributed by atoms with Gasteiger partial charge in [-0.2, -0.15) is 0 Å². The lowest BCUT2D eigenvalue weighted by molar-refractivity contribution is -0.910. The molecular formula is C23H46BrNO3. The van der Waals surface area contributed by atoms with Crippen LogP contribution >= 0.6 is 0 Å². The molecule has 5 heteroatoms. The molecule has 1 atom stereocenters. The molecule has 4 nitrogen and oxygen atoms in total. The standard InChI is InChI=1S/C23H46NO3.BrH/c1-5-6-7-8-9-10-11-12-13-14-15-16-17-24(4,18-20-25)19-21-27-23(26)22(2)3;/h25H,2,5-21H2,1,3-4H3;1H/q+1;/p-1. The highest BCUT2D eigenvalue weighted by Crippen LogP contribution is 2.13. The molecule has 1 N–H and O–H groups in total. The van der Waals surface area contributed by atoms with E-state index >= 15 is 0 Å². The lowest BCUT2D eigenvalue weighted by Gasteiger charge is -2.34. The Balaban J connectivity index is 0. The molecule has 0 amide bonds. The number of rotatable bonds is 19. The van der Waals surface area contributed by atoms with E-state index in [-0.39, 0.29) is 29.6 Å². The number of esters is 1. The Morgan fingerprint density at radius 2 is 1.32 bits per heavy atom. The number of quaternary nitrogens is 1. The van der Waals surface area contributed by atoms with Gasteiger partial charge in [0.2, 0.25) is 0 Å². The first-order valence-electron chi connectivity index (χ1n) is 11.2. The van der Waals surface area contributed by atoms with E-state index in [1.165, 1.54) is 77.0 Å². The number of nitrogens with zero attached hydrogens (tertiary/aromatic N) is 1. The van der Waals surface area contributed by atoms with Crippen molar-refractivity contribution in [2.75, 3.05) is 39.9 Å². The Morgan fingerprint density at radius 1 is 0.857 bits per heavy atom. The summed E-state index contributed by atoms with van der Waals surface area (Å²) < 4.78 is 5.98. The first-order valence-corrected chi connectivity index (χ1v) is 11.2. The number of halogens is 1. The highest BCUT2D eigenvalue weighted by molar-refractivity contribution is 5.86. The molecule has 0 bridgehead atoms. The van der Waals surface area contributed by atoms with Crippen LogP contribution in [0.3, 0.4) is 0 Å². The van der Waals surface area contributed by atoms with Crippen molar-refractivity contribution >= 4 is 5.97 Å². The number of carbonyl (C=O) groups is 1. The van der Waals surface area contributed by atoms with Gasteiger partial charge < -0.3 is 31.3 Å². The maximum absolute atomic E-state index is 11.5. The fourth-order valence-corrected chi connectivity index (χ4v) is 3.39. The molecule has 0 radical (unpaired) electrons. The van der Waals surface area contributed by atoms with Gasteiger partial charge in [-0.05, 0) is 19.8 Å². The SMILES string of the molecule is C=C(C)C(=O)OCC[N+](C)(CCO)CCCCCCCCCCCCCC.[Br-]. The third-order valence-electron chi connectivity index (χ3n) is 5.40. The molecule has 0 aromatic heterocycles. The number of aliphatic hydroxyl groups excluding tert-OH is 1. The van der Waals surface area contributed by atoms with E-state index in [2.05, 4.69) is 20.6 Å². The number of hydrogen-bond acceptors (Lipinski definition) is 3. The third-order valence-corrected chi connectivity index (χ3v) is 5.40. The molecule has 1 unspecified atom stereocenters. The minimum Gasteiger partial charge on any atom is -1.00 e. The van der Waals surface area contributed by atoms with Crippen molar-refractivity contribution < 1.29 is 36.1 Å². The molecule has 0 spiro atoms. The van der Waals surface area contributed by atoms with E-state index in [9.17, 15) is 9.90 Å². The number of unbranched alkanes of at least 4 members (excludes halogenated alkanes) is 11. The Kier molecular flexibility index (Phi) is 21.2. The molecule has 0 fully saturated rings. The van der Waals surface area contributed by atoms with E-state index in [4.69, 9.17) is 4.74 Å². The zero-order valence-electron chi connectivity index (χ0n) is 18.8. The van der Waals surface area contributed by atoms with Gasteiger partial charge in [0.15, 0.2) is 0 Å². The molecule has 0 rings (SSSR count). The third kappa shape index (κ3) is 17.7. The molecule has 0 aliphatic heterocycles. The van der Waals surface area contributed by atoms with Crippen LogP contribution in [0.4, 0.5) is 0 Å². The van der Waals surface area contributed by atoms with Crippen LogP contribution in [-0.4, -0.2) is 55.5 Å². The van der Waals surface area contributed by atoms with Crippen molar-refractivity contribution in [1.82, 2.24) is 0 Å². The summed E-state index contributed by atoms with van der Waals surface area (Å²) >= 11 is 0. The zero-order valence-corrected chi connectivity index (χ0v) is 20.4. The molecule has 0 aliphatic rings. The van der Waals surface area contributed by atoms with E-state index < -0.39 is 0 Å². The quantitative estimate of drug-likeness (QED) is 0.138. The highest BCUT2D eigenvalue weighted by atomic mass is 79.9. The zero-order chi connectivity index (χ0) is 20.4. The summed E-state index contributed by atoms with van der Waals surface area (Å²) in [6.45, 7) is 10.6. The van der Waals surface area contributed by atoms with Crippen LogP contribution in [-0.2, 0) is 9.53 Å². The smallest absolute Gasteiger partial charge is 0.333 e. The summed E-state index contributed by atoms with van der Waals surface area (Å²) in [6.07, 6.45) is 16.2. The Morgan fingerprint density at radius 3 is 1.75 bits per heavy atom. The summed E-state index contributed by atoms with van der Waals surface area (Å²) in [5.41, 5.74) is 0.437. The first kappa shape index (κ1) is 29.8. The monoisotopic (exact) mass is 463 g/mol. The molecule has 0 aliphatic carbocycles. The number of hydrogen-bond donors (Lipinski definition) is 1. The van der Waals surface area contributed by atoms with Gasteiger partial charge in [0.05, 0.1) is 20.2 Å². The molecule has 168 valence electrons. The molecular weight excluding hydrogens is 418 g/mol. The van der Waals surface area contributed by atoms with Crippen LogP contribution in [0.25, 0.3) is 0 Å². The van der Waals surface area contributed by atoms with Crippen molar-refractivity contribution in [1.29, 1.82) is 0 Å². The summed E-state index contributed by atoms with van der Waals surface area (Å²) in [7, 11) is 2.14. The normalized spacial score (nSPS) is 12.9. The lowest BCUT2D eigenvalue weighted by atomic mass is 10.1. The summed E-state index contributed by atoms with van der Waals surface area (Å²) in [6, 6.07) is 0. The van der Waals surface area contributed by atoms with Crippen LogP contribution < -0.4 is 17.0 Å². The second kappa shape index (κ2) is 19.9. The maximum Gasteiger partial charge on any atom is 0.333 e. The van der Waals surface area contributed by atoms with Crippen molar-refractivity contribution in [3.63, 3.8) is 0 Å². The number of carbonyl (C=O) groups excluding carboxylic acids is 1. The van der Waals surface area contributed by atoms with Crippen molar-refractivity contribution in [3.05, 3.63) is 12.2 Å². The van der Waals surface area contributed by atoms with Gasteiger partial charge in [-0.3, -0.25) is 0 Å². The first-order chi connectivity index (χ1) is 12.9. The van der Waals surface area contributed by atoms with Gasteiger partial charge in [0.1, 0.15) is 19.7 Å². The van der Waals surface area contributed by atoms with E-state index in [1.54, 1.807) is 6.92 Å². The molecule has 0 heterocycles. The predicted molar refractivity (Wildman–Crippen MR) is 115 cm³/mol. The molecule has 0 saturated heterocycles. The van der Waals surface area contributed by atoms with Gasteiger partial charge in [-0.25, -0.2) is 4.79 Å². The van der Waals surface area contributed by atoms with Crippen LogP contribution in [0, 0.1) is 0 Å². The highest BCUT2D eigenvalue weighted by Gasteiger charge is 2.21. The van der Waals surface area contributed by atoms with Gasteiger partial charge in [-0.1, -0.05) is 77.7 Å². The largest absolute Gasteiger partial charge is 1.00 e. The van der Waals surface area contributed by atoms with Gasteiger partial charge >= 0.3 is 5.97 Å². The lowest BCUT2D eigenvalue weighted by Crippen LogP contribution is -3.00. The maximum atomic E-state index is 11.5. The summed E-state index contributed by atoms with van der Waals surface area (Å²) in [5.74, 6) is -0.323. The van der Waals surface area contributed by atoms with Crippen LogP contribution in [0.5, 0.6) is 0 Å². The predicted octanol–water partition coefficient (Wildman–Crippen LogP) is 2.25. The summed E-state index contributed by atoms with van der Waals surface area (Å²) in [5, 5.41) is 9.35. The molecule has 0 aromatic carbocycles. The topological polar surface area (TPSA) is 46.5 Å². The molecule has 28 heavy (non-hydrogen) atoms. The van der Waals surface area contributed by atoms with Gasteiger partial charge in [-0.15, -0.1) is 0 Å². The van der Waals surface area contributed by atoms with Crippen molar-refractivity contribution in [2.45, 2.75) is 90.9 Å². The fraction of sp³-hybridized carbons (Fsp3) is 0.870. The van der Waals surface area contributed by atoms with Crippen molar-refractivity contribution in [3.8, 4) is 0 Å². The van der Waals surface area contributed by atoms with Gasteiger partial charge in [0, 0.05) is 5.57 Å². The minimum absolute atomic E-state index is 0. The van der Waals surface area contributed by atoms with Crippen molar-refractivity contribution in [2.24, 2.45) is 0 Å². The van der Waals surface area contributed by atoms with E-state index in [1.807, 2.05) is 0 Å². The fourth-order valence-electron chi connectivity index (χ4n) is 3.39. The average molecular weight is 465 g/mol. The second-order valence-corrected chi connectivity index (χ2v) is 8.32. The molecule has 0 saturated carbocycles. The van der Waals surface area contributed by atoms with Crippen LogP contribution in [0.15, 0.2) is 12.2 Å². The average Bonchev–Trinajstić information content (AvgIpc) is 2.62. The Labute approximate surface area is 185 Å². The van der Waals surface area contributed by atoms with E-state index in [0.717, 1.165) is 17.6 Å². The number of likely N-dealkylation sites (N-methyl/N-ethyl adjacent to an activating group) is 1. The second-order valence-electron chi connectivity index (χ2n) is 8.32. The van der Waals surface area contributed by atoms with Crippen LogP contribution in [0.1, 0.15) is 90.9 Å². The summed E-state index contributed by atoms with van der Waals surface area (Å²) in [4.78, 5) is 11.5.